The van der Waals surface area contributed by atoms with E-state index in [2.05, 4.69) is 5.32 Å². The van der Waals surface area contributed by atoms with E-state index >= 15 is 0 Å². The lowest BCUT2D eigenvalue weighted by Crippen LogP contribution is -2.48. The summed E-state index contributed by atoms with van der Waals surface area (Å²) in [4.78, 5) is 37.5. The molecule has 1 aromatic carbocycles. The Morgan fingerprint density at radius 3 is 2.61 bits per heavy atom. The van der Waals surface area contributed by atoms with Crippen molar-refractivity contribution in [1.29, 1.82) is 0 Å². The van der Waals surface area contributed by atoms with Crippen molar-refractivity contribution in [3.05, 3.63) is 51.1 Å². The molecule has 7 nitrogen and oxygen atoms in total. The van der Waals surface area contributed by atoms with E-state index in [1.165, 1.54) is 17.4 Å². The number of carboxylic acid groups (broad SMARTS) is 1. The van der Waals surface area contributed by atoms with Crippen LogP contribution in [-0.4, -0.2) is 56.4 Å². The molecule has 3 N–H and O–H groups in total. The molecule has 0 radical (unpaired) electrons. The third-order valence-corrected chi connectivity index (χ3v) is 6.39. The number of halogens is 2. The molecule has 31 heavy (non-hydrogen) atoms. The summed E-state index contributed by atoms with van der Waals surface area (Å²) in [6.45, 7) is -1.28. The number of thiophene rings is 1. The zero-order chi connectivity index (χ0) is 22.7. The molecule has 12 heteroatoms. The van der Waals surface area contributed by atoms with Crippen molar-refractivity contribution in [2.45, 2.75) is 6.04 Å². The Balaban J connectivity index is 1.72. The van der Waals surface area contributed by atoms with E-state index in [1.54, 1.807) is 17.5 Å². The van der Waals surface area contributed by atoms with Crippen molar-refractivity contribution in [3.63, 3.8) is 0 Å². The van der Waals surface area contributed by atoms with Gasteiger partial charge in [0.05, 0.1) is 11.5 Å². The molecular weight excluding hydrogens is 470 g/mol. The topological polar surface area (TPSA) is 107 Å². The minimum absolute atomic E-state index is 0.125. The number of nitrogens with one attached hydrogen (secondary N) is 1. The number of nitrogens with zero attached hydrogens (tertiary/aromatic N) is 1. The number of hydrogen-bond donors (Lipinski definition) is 3. The lowest BCUT2D eigenvalue weighted by atomic mass is 10.1. The van der Waals surface area contributed by atoms with Gasteiger partial charge in [0.25, 0.3) is 5.91 Å². The van der Waals surface area contributed by atoms with Crippen LogP contribution >= 0.6 is 35.3 Å². The Morgan fingerprint density at radius 2 is 1.97 bits per heavy atom. The van der Waals surface area contributed by atoms with Crippen LogP contribution in [0.2, 0.25) is 0 Å². The number of hydrogen-bond acceptors (Lipinski definition) is 7. The lowest BCUT2D eigenvalue weighted by molar-refractivity contribution is -0.143. The first-order chi connectivity index (χ1) is 14.7. The summed E-state index contributed by atoms with van der Waals surface area (Å²) in [7, 11) is 0. The highest BCUT2D eigenvalue weighted by Gasteiger charge is 2.34. The standard InChI is InChI=1S/C19H14F2N2O5S3/c20-12-2-1-9(4-13(12)21)10-3-11(30-8-10)5-15-17(26)23(19(29)31-15)6-16(25)22-14(7-24)18(27)28/h1-5,8,14,24H,6-7H2,(H,22,25)(H,27,28)/t14-/m0/s1. The van der Waals surface area contributed by atoms with Gasteiger partial charge < -0.3 is 15.5 Å². The zero-order valence-corrected chi connectivity index (χ0v) is 18.0. The van der Waals surface area contributed by atoms with Crippen molar-refractivity contribution >= 4 is 63.5 Å². The molecule has 2 heterocycles. The normalized spacial score (nSPS) is 16.1. The molecule has 2 aromatic rings. The second-order valence-electron chi connectivity index (χ2n) is 6.28. The Bertz CT molecular complexity index is 1100. The number of thiocarbonyl (C=S) groups is 1. The fourth-order valence-corrected chi connectivity index (χ4v) is 4.76. The molecule has 1 aromatic heterocycles. The number of carboxylic acids is 1. The van der Waals surface area contributed by atoms with Gasteiger partial charge in [-0.2, -0.15) is 0 Å². The van der Waals surface area contributed by atoms with E-state index < -0.39 is 48.6 Å². The van der Waals surface area contributed by atoms with E-state index in [0.29, 0.717) is 16.0 Å². The number of aliphatic carboxylic acids is 1. The van der Waals surface area contributed by atoms with Crippen LogP contribution < -0.4 is 5.32 Å². The fourth-order valence-electron chi connectivity index (χ4n) is 2.59. The van der Waals surface area contributed by atoms with Gasteiger partial charge in [0.1, 0.15) is 16.9 Å². The van der Waals surface area contributed by atoms with Crippen LogP contribution in [0.1, 0.15) is 4.88 Å². The number of benzene rings is 1. The summed E-state index contributed by atoms with van der Waals surface area (Å²) in [5, 5.41) is 21.7. The Kier molecular flexibility index (Phi) is 7.15. The second kappa shape index (κ2) is 9.64. The Labute approximate surface area is 188 Å². The van der Waals surface area contributed by atoms with Gasteiger partial charge in [0, 0.05) is 4.88 Å². The lowest BCUT2D eigenvalue weighted by Gasteiger charge is -2.16. The molecule has 0 saturated carbocycles. The van der Waals surface area contributed by atoms with Crippen molar-refractivity contribution in [2.24, 2.45) is 0 Å². The fraction of sp³-hybridized carbons (Fsp3) is 0.158. The third kappa shape index (κ3) is 5.34. The van der Waals surface area contributed by atoms with Crippen molar-refractivity contribution in [3.8, 4) is 11.1 Å². The van der Waals surface area contributed by atoms with Crippen LogP contribution in [0.4, 0.5) is 8.78 Å². The summed E-state index contributed by atoms with van der Waals surface area (Å²) in [6, 6.07) is 3.77. The number of aliphatic hydroxyl groups excluding tert-OH is 1. The molecular formula is C19H14F2N2O5S3. The van der Waals surface area contributed by atoms with Gasteiger partial charge in [-0.05, 0) is 40.8 Å². The molecule has 1 atom stereocenters. The third-order valence-electron chi connectivity index (χ3n) is 4.14. The number of thioether (sulfide) groups is 1. The summed E-state index contributed by atoms with van der Waals surface area (Å²) in [5.41, 5.74) is 1.13. The number of carbonyl (C=O) groups is 3. The molecule has 0 unspecified atom stereocenters. The van der Waals surface area contributed by atoms with Gasteiger partial charge in [0.15, 0.2) is 11.6 Å². The Hall–Kier alpha value is -2.67. The summed E-state index contributed by atoms with van der Waals surface area (Å²) in [6.07, 6.45) is 1.57. The van der Waals surface area contributed by atoms with Crippen LogP contribution in [0.3, 0.4) is 0 Å². The number of carbonyl (C=O) groups excluding carboxylic acids is 2. The van der Waals surface area contributed by atoms with E-state index in [0.717, 1.165) is 28.8 Å². The zero-order valence-electron chi connectivity index (χ0n) is 15.5. The van der Waals surface area contributed by atoms with E-state index in [-0.39, 0.29) is 9.23 Å². The van der Waals surface area contributed by atoms with Crippen LogP contribution in [-0.2, 0) is 14.4 Å². The second-order valence-corrected chi connectivity index (χ2v) is 8.89. The number of amides is 2. The van der Waals surface area contributed by atoms with E-state index in [9.17, 15) is 23.2 Å². The maximum absolute atomic E-state index is 13.5. The van der Waals surface area contributed by atoms with Crippen molar-refractivity contribution in [2.75, 3.05) is 13.2 Å². The van der Waals surface area contributed by atoms with Crippen LogP contribution in [0.15, 0.2) is 34.6 Å². The molecule has 1 aliphatic heterocycles. The van der Waals surface area contributed by atoms with Crippen molar-refractivity contribution < 1.29 is 33.4 Å². The van der Waals surface area contributed by atoms with Crippen LogP contribution in [0.5, 0.6) is 0 Å². The highest BCUT2D eigenvalue weighted by Crippen LogP contribution is 2.35. The first-order valence-corrected chi connectivity index (χ1v) is 10.7. The number of aliphatic hydroxyl groups is 1. The molecule has 0 aliphatic carbocycles. The molecule has 1 fully saturated rings. The van der Waals surface area contributed by atoms with Gasteiger partial charge in [-0.1, -0.05) is 30.0 Å². The highest BCUT2D eigenvalue weighted by atomic mass is 32.2. The number of rotatable bonds is 7. The highest BCUT2D eigenvalue weighted by molar-refractivity contribution is 8.26. The quantitative estimate of drug-likeness (QED) is 0.409. The van der Waals surface area contributed by atoms with E-state index in [1.807, 2.05) is 0 Å². The van der Waals surface area contributed by atoms with Gasteiger partial charge in [-0.25, -0.2) is 13.6 Å². The summed E-state index contributed by atoms with van der Waals surface area (Å²) in [5.74, 6) is -4.62. The maximum atomic E-state index is 13.5. The predicted octanol–water partition coefficient (Wildman–Crippen LogP) is 2.46. The molecule has 0 spiro atoms. The molecule has 1 saturated heterocycles. The molecule has 0 bridgehead atoms. The summed E-state index contributed by atoms with van der Waals surface area (Å²) >= 11 is 7.40. The molecule has 1 aliphatic rings. The minimum atomic E-state index is -1.48. The first-order valence-electron chi connectivity index (χ1n) is 8.62. The molecule has 2 amide bonds. The van der Waals surface area contributed by atoms with Crippen LogP contribution in [0, 0.1) is 11.6 Å². The SMILES string of the molecule is O=C(CN1C(=O)C(=Cc2cc(-c3ccc(F)c(F)c3)cs2)SC1=S)N[C@@H](CO)C(=O)O. The van der Waals surface area contributed by atoms with Gasteiger partial charge in [-0.15, -0.1) is 11.3 Å². The largest absolute Gasteiger partial charge is 0.480 e. The van der Waals surface area contributed by atoms with Gasteiger partial charge in [0.2, 0.25) is 5.91 Å². The van der Waals surface area contributed by atoms with Crippen LogP contribution in [0.25, 0.3) is 17.2 Å². The van der Waals surface area contributed by atoms with E-state index in [4.69, 9.17) is 22.4 Å². The summed E-state index contributed by atoms with van der Waals surface area (Å²) < 4.78 is 26.7. The van der Waals surface area contributed by atoms with Gasteiger partial charge >= 0.3 is 5.97 Å². The first kappa shape index (κ1) is 23.0. The average Bonchev–Trinajstić information content (AvgIpc) is 3.28. The monoisotopic (exact) mass is 484 g/mol. The minimum Gasteiger partial charge on any atom is -0.480 e. The average molecular weight is 485 g/mol. The van der Waals surface area contributed by atoms with Crippen molar-refractivity contribution in [1.82, 2.24) is 10.2 Å². The van der Waals surface area contributed by atoms with Gasteiger partial charge in [-0.3, -0.25) is 14.5 Å². The predicted molar refractivity (Wildman–Crippen MR) is 116 cm³/mol. The molecule has 162 valence electrons. The maximum Gasteiger partial charge on any atom is 0.328 e. The molecule has 3 rings (SSSR count). The Morgan fingerprint density at radius 1 is 1.23 bits per heavy atom. The smallest absolute Gasteiger partial charge is 0.328 e.